The molecule has 0 radical (unpaired) electrons. The third kappa shape index (κ3) is 7.55. The average Bonchev–Trinajstić information content (AvgIpc) is 3.23. The lowest BCUT2D eigenvalue weighted by Gasteiger charge is -2.39. The Labute approximate surface area is 227 Å². The van der Waals surface area contributed by atoms with Gasteiger partial charge in [0.15, 0.2) is 8.32 Å². The number of carbonyl (C=O) groups excluding carboxylic acids is 1. The van der Waals surface area contributed by atoms with Crippen LogP contribution < -0.4 is 9.64 Å². The van der Waals surface area contributed by atoms with Crippen molar-refractivity contribution < 1.29 is 18.7 Å². The number of benzene rings is 2. The van der Waals surface area contributed by atoms with Crippen molar-refractivity contribution in [1.29, 1.82) is 0 Å². The Hall–Kier alpha value is -2.42. The number of thiazole rings is 1. The summed E-state index contributed by atoms with van der Waals surface area (Å²) >= 11 is 1.63. The number of amides is 1. The van der Waals surface area contributed by atoms with Gasteiger partial charge in [-0.1, -0.05) is 27.7 Å². The summed E-state index contributed by atoms with van der Waals surface area (Å²) in [4.78, 5) is 18.7. The molecule has 8 heteroatoms. The maximum absolute atomic E-state index is 12.4. The Kier molecular flexibility index (Phi) is 8.77. The van der Waals surface area contributed by atoms with Crippen molar-refractivity contribution in [3.63, 3.8) is 0 Å². The molecule has 0 saturated heterocycles. The normalized spacial score (nSPS) is 13.5. The van der Waals surface area contributed by atoms with Gasteiger partial charge in [0.25, 0.3) is 0 Å². The zero-order valence-electron chi connectivity index (χ0n) is 24.0. The highest BCUT2D eigenvalue weighted by atomic mass is 32.1. The Morgan fingerprint density at radius 2 is 1.70 bits per heavy atom. The van der Waals surface area contributed by atoms with E-state index in [1.165, 1.54) is 4.90 Å². The van der Waals surface area contributed by atoms with Crippen LogP contribution in [0.15, 0.2) is 42.5 Å². The van der Waals surface area contributed by atoms with Crippen molar-refractivity contribution in [2.45, 2.75) is 84.7 Å². The number of hydrogen-bond acceptors (Lipinski definition) is 6. The molecule has 0 spiro atoms. The molecule has 1 amide bonds. The van der Waals surface area contributed by atoms with Crippen molar-refractivity contribution >= 4 is 41.7 Å². The Bertz CT molecular complexity index is 1210. The number of aromatic nitrogens is 1. The molecule has 202 valence electrons. The minimum Gasteiger partial charge on any atom is -0.491 e. The third-order valence-electron chi connectivity index (χ3n) is 6.69. The van der Waals surface area contributed by atoms with Crippen molar-refractivity contribution in [3.8, 4) is 16.3 Å². The molecule has 0 N–H and O–H groups in total. The Balaban J connectivity index is 1.69. The van der Waals surface area contributed by atoms with E-state index in [4.69, 9.17) is 18.9 Å². The minimum atomic E-state index is -1.85. The second-order valence-electron chi connectivity index (χ2n) is 12.0. The number of hydrogen-bond donors (Lipinski definition) is 0. The lowest BCUT2D eigenvalue weighted by molar-refractivity contribution is 0.0589. The summed E-state index contributed by atoms with van der Waals surface area (Å²) in [5.41, 5.74) is 2.16. The van der Waals surface area contributed by atoms with E-state index in [0.717, 1.165) is 38.6 Å². The zero-order valence-corrected chi connectivity index (χ0v) is 25.8. The molecule has 1 heterocycles. The smallest absolute Gasteiger partial charge is 0.414 e. The van der Waals surface area contributed by atoms with Crippen molar-refractivity contribution in [1.82, 2.24) is 4.98 Å². The Morgan fingerprint density at radius 1 is 1.05 bits per heavy atom. The molecular weight excluding hydrogens is 500 g/mol. The fourth-order valence-electron chi connectivity index (χ4n) is 3.40. The quantitative estimate of drug-likeness (QED) is 0.267. The molecule has 0 aliphatic carbocycles. The van der Waals surface area contributed by atoms with E-state index in [-0.39, 0.29) is 17.2 Å². The van der Waals surface area contributed by atoms with Crippen LogP contribution >= 0.6 is 11.3 Å². The second kappa shape index (κ2) is 11.1. The zero-order chi connectivity index (χ0) is 27.6. The van der Waals surface area contributed by atoms with Gasteiger partial charge in [0.2, 0.25) is 0 Å². The summed E-state index contributed by atoms with van der Waals surface area (Å²) in [5, 5.41) is 1.09. The molecule has 3 rings (SSSR count). The van der Waals surface area contributed by atoms with E-state index < -0.39 is 13.9 Å². The maximum Gasteiger partial charge on any atom is 0.414 e. The van der Waals surface area contributed by atoms with E-state index >= 15 is 0 Å². The first-order valence-corrected chi connectivity index (χ1v) is 16.6. The van der Waals surface area contributed by atoms with Crippen LogP contribution in [-0.2, 0) is 9.16 Å². The van der Waals surface area contributed by atoms with Crippen molar-refractivity contribution in [2.24, 2.45) is 0 Å². The fraction of sp³-hybridized carbons (Fsp3) is 0.517. The van der Waals surface area contributed by atoms with Crippen LogP contribution in [0.2, 0.25) is 18.1 Å². The monoisotopic (exact) mass is 542 g/mol. The Morgan fingerprint density at radius 3 is 2.27 bits per heavy atom. The largest absolute Gasteiger partial charge is 0.491 e. The summed E-state index contributed by atoms with van der Waals surface area (Å²) < 4.78 is 19.3. The topological polar surface area (TPSA) is 60.9 Å². The predicted octanol–water partition coefficient (Wildman–Crippen LogP) is 8.51. The number of nitrogens with zero attached hydrogens (tertiary/aromatic N) is 2. The highest BCUT2D eigenvalue weighted by Crippen LogP contribution is 2.38. The highest BCUT2D eigenvalue weighted by molar-refractivity contribution is 7.21. The molecule has 0 aliphatic rings. The van der Waals surface area contributed by atoms with Crippen LogP contribution in [0.1, 0.15) is 54.9 Å². The summed E-state index contributed by atoms with van der Waals surface area (Å²) in [6.07, 6.45) is 0.609. The van der Waals surface area contributed by atoms with E-state index in [9.17, 15) is 4.79 Å². The molecule has 1 atom stereocenters. The fourth-order valence-corrected chi connectivity index (χ4v) is 5.82. The van der Waals surface area contributed by atoms with Crippen LogP contribution in [0.25, 0.3) is 20.8 Å². The van der Waals surface area contributed by atoms with Gasteiger partial charge < -0.3 is 13.9 Å². The number of fused-ring (bicyclic) bond motifs is 1. The summed E-state index contributed by atoms with van der Waals surface area (Å²) in [6, 6.07) is 13.8. The third-order valence-corrected chi connectivity index (χ3v) is 12.3. The molecule has 6 nitrogen and oxygen atoms in total. The average molecular weight is 543 g/mol. The molecule has 1 aromatic heterocycles. The second-order valence-corrected chi connectivity index (χ2v) is 17.7. The SMILES string of the molecule is CC[C@H](COc1ccc2nc(-c3ccc(N(C)C(=O)OC(C)(C)C)cc3)sc2c1)O[Si](C)(C)C(C)(C)C. The standard InChI is InChI=1S/C29H42N2O4SSi/c1-11-22(35-37(9,10)29(5,6)7)19-33-23-16-17-24-25(18-23)36-26(30-24)20-12-14-21(15-13-20)31(8)27(32)34-28(2,3)4/h12-18,22H,11,19H2,1-10H3/t22-/m1/s1. The molecule has 0 saturated carbocycles. The molecule has 3 aromatic rings. The summed E-state index contributed by atoms with van der Waals surface area (Å²) in [7, 11) is -0.139. The van der Waals surface area contributed by atoms with Gasteiger partial charge in [-0.05, 0) is 87.8 Å². The van der Waals surface area contributed by atoms with Crippen LogP contribution in [0, 0.1) is 0 Å². The predicted molar refractivity (Wildman–Crippen MR) is 158 cm³/mol. The minimum absolute atomic E-state index is 0.0749. The lowest BCUT2D eigenvalue weighted by atomic mass is 10.2. The summed E-state index contributed by atoms with van der Waals surface area (Å²) in [6.45, 7) is 19.6. The molecule has 2 aromatic carbocycles. The molecule has 0 bridgehead atoms. The van der Waals surface area contributed by atoms with Crippen molar-refractivity contribution in [2.75, 3.05) is 18.6 Å². The van der Waals surface area contributed by atoms with Crippen LogP contribution in [-0.4, -0.2) is 44.8 Å². The van der Waals surface area contributed by atoms with Crippen LogP contribution in [0.3, 0.4) is 0 Å². The molecule has 37 heavy (non-hydrogen) atoms. The van der Waals surface area contributed by atoms with Gasteiger partial charge in [0, 0.05) is 18.3 Å². The molecule has 0 aliphatic heterocycles. The number of ether oxygens (including phenoxy) is 2. The van der Waals surface area contributed by atoms with Crippen molar-refractivity contribution in [3.05, 3.63) is 42.5 Å². The maximum atomic E-state index is 12.4. The van der Waals surface area contributed by atoms with Gasteiger partial charge in [-0.3, -0.25) is 4.90 Å². The molecule has 0 fully saturated rings. The van der Waals surface area contributed by atoms with E-state index in [2.05, 4.69) is 46.9 Å². The van der Waals surface area contributed by atoms with E-state index in [1.807, 2.05) is 57.2 Å². The molecular formula is C29H42N2O4SSi. The highest BCUT2D eigenvalue weighted by Gasteiger charge is 2.39. The number of rotatable bonds is 8. The number of anilines is 1. The summed E-state index contributed by atoms with van der Waals surface area (Å²) in [5.74, 6) is 0.828. The first-order valence-electron chi connectivity index (χ1n) is 12.9. The van der Waals surface area contributed by atoms with Gasteiger partial charge in [0.1, 0.15) is 23.0 Å². The lowest BCUT2D eigenvalue weighted by Crippen LogP contribution is -2.45. The van der Waals surface area contributed by atoms with Gasteiger partial charge in [-0.25, -0.2) is 9.78 Å². The van der Waals surface area contributed by atoms with Gasteiger partial charge in [-0.15, -0.1) is 11.3 Å². The molecule has 0 unspecified atom stereocenters. The van der Waals surface area contributed by atoms with E-state index in [0.29, 0.717) is 6.61 Å². The van der Waals surface area contributed by atoms with E-state index in [1.54, 1.807) is 18.4 Å². The van der Waals surface area contributed by atoms with Gasteiger partial charge >= 0.3 is 6.09 Å². The van der Waals surface area contributed by atoms with Gasteiger partial charge in [0.05, 0.1) is 16.3 Å². The van der Waals surface area contributed by atoms with Crippen LogP contribution in [0.4, 0.5) is 10.5 Å². The van der Waals surface area contributed by atoms with Gasteiger partial charge in [-0.2, -0.15) is 0 Å². The van der Waals surface area contributed by atoms with Crippen LogP contribution in [0.5, 0.6) is 5.75 Å². The first-order chi connectivity index (χ1) is 17.1. The first kappa shape index (κ1) is 29.1. The number of carbonyl (C=O) groups is 1.